The van der Waals surface area contributed by atoms with Gasteiger partial charge in [0.25, 0.3) is 0 Å². The lowest BCUT2D eigenvalue weighted by Gasteiger charge is -2.13. The molecule has 1 aromatic rings. The van der Waals surface area contributed by atoms with Crippen LogP contribution in [0.3, 0.4) is 0 Å². The van der Waals surface area contributed by atoms with Crippen molar-refractivity contribution in [3.63, 3.8) is 0 Å². The number of ether oxygens (including phenoxy) is 1. The summed E-state index contributed by atoms with van der Waals surface area (Å²) in [6.45, 7) is 5.62. The predicted octanol–water partition coefficient (Wildman–Crippen LogP) is 3.24. The van der Waals surface area contributed by atoms with Crippen molar-refractivity contribution < 1.29 is 24.0 Å². The zero-order valence-corrected chi connectivity index (χ0v) is 15.8. The molecule has 0 fully saturated rings. The molecule has 0 aliphatic carbocycles. The number of nitrogens with zero attached hydrogens (tertiary/aromatic N) is 1. The van der Waals surface area contributed by atoms with Crippen LogP contribution in [-0.4, -0.2) is 37.3 Å². The smallest absolute Gasteiger partial charge is 0.453 e. The average molecular weight is 382 g/mol. The third kappa shape index (κ3) is 8.38. The Morgan fingerprint density at radius 3 is 2.62 bits per heavy atom. The maximum atomic E-state index is 11.5. The fourth-order valence-corrected chi connectivity index (χ4v) is 2.47. The number of nitrogens with one attached hydrogen (secondary N) is 3. The van der Waals surface area contributed by atoms with E-state index >= 15 is 0 Å². The molecular formula is C16H22N4O5S. The van der Waals surface area contributed by atoms with Gasteiger partial charge in [-0.05, 0) is 24.1 Å². The van der Waals surface area contributed by atoms with E-state index in [2.05, 4.69) is 39.7 Å². The van der Waals surface area contributed by atoms with Crippen molar-refractivity contribution in [3.8, 4) is 0 Å². The first kappa shape index (κ1) is 21.3. The number of alkyl carbamates (subject to hydrolysis) is 1. The van der Waals surface area contributed by atoms with Crippen LogP contribution >= 0.6 is 11.8 Å². The second-order valence-electron chi connectivity index (χ2n) is 5.46. The van der Waals surface area contributed by atoms with E-state index in [1.54, 1.807) is 23.9 Å². The lowest BCUT2D eigenvalue weighted by Crippen LogP contribution is -2.22. The van der Waals surface area contributed by atoms with Crippen LogP contribution in [0.5, 0.6) is 0 Å². The van der Waals surface area contributed by atoms with Crippen molar-refractivity contribution in [2.24, 2.45) is 10.9 Å². The zero-order valence-electron chi connectivity index (χ0n) is 15.0. The number of amides is 3. The molecule has 1 rings (SSSR count). The summed E-state index contributed by atoms with van der Waals surface area (Å²) in [6.07, 6.45) is -0.915. The predicted molar refractivity (Wildman–Crippen MR) is 100 cm³/mol. The standard InChI is InChI=1S/C16H22N4O5S/c1-10(2)8-26-12-5-6-13(14(7-12)19-11(3)21)20-25-16(23)18-9-17-15(22)24-4/h5-7,9-10,20H,8H2,1-4H3,(H,19,21)(H,17,18,22,23). The van der Waals surface area contributed by atoms with E-state index in [4.69, 9.17) is 4.84 Å². The Morgan fingerprint density at radius 2 is 2.00 bits per heavy atom. The molecule has 142 valence electrons. The summed E-state index contributed by atoms with van der Waals surface area (Å²) < 4.78 is 4.31. The summed E-state index contributed by atoms with van der Waals surface area (Å²) >= 11 is 1.66. The maximum Gasteiger partial charge on any atom is 0.459 e. The van der Waals surface area contributed by atoms with Gasteiger partial charge in [-0.3, -0.25) is 10.1 Å². The molecule has 0 aliphatic rings. The number of anilines is 2. The number of methoxy groups -OCH3 is 1. The minimum atomic E-state index is -0.992. The van der Waals surface area contributed by atoms with E-state index < -0.39 is 12.2 Å². The van der Waals surface area contributed by atoms with E-state index in [9.17, 15) is 14.4 Å². The Labute approximate surface area is 155 Å². The van der Waals surface area contributed by atoms with E-state index in [0.29, 0.717) is 17.3 Å². The third-order valence-corrected chi connectivity index (χ3v) is 4.09. The second-order valence-corrected chi connectivity index (χ2v) is 6.55. The zero-order chi connectivity index (χ0) is 19.5. The highest BCUT2D eigenvalue weighted by Gasteiger charge is 2.09. The monoisotopic (exact) mass is 382 g/mol. The fraction of sp³-hybridized carbons (Fsp3) is 0.375. The van der Waals surface area contributed by atoms with Gasteiger partial charge in [-0.15, -0.1) is 11.8 Å². The molecule has 0 radical (unpaired) electrons. The lowest BCUT2D eigenvalue weighted by molar-refractivity contribution is -0.114. The number of hydrogen-bond acceptors (Lipinski definition) is 7. The normalized spacial score (nSPS) is 10.5. The van der Waals surface area contributed by atoms with Gasteiger partial charge in [-0.1, -0.05) is 13.8 Å². The third-order valence-electron chi connectivity index (χ3n) is 2.67. The quantitative estimate of drug-likeness (QED) is 0.287. The van der Waals surface area contributed by atoms with Crippen LogP contribution in [0.2, 0.25) is 0 Å². The van der Waals surface area contributed by atoms with E-state index in [1.165, 1.54) is 14.0 Å². The molecule has 26 heavy (non-hydrogen) atoms. The second kappa shape index (κ2) is 11.0. The van der Waals surface area contributed by atoms with E-state index in [1.807, 2.05) is 6.07 Å². The first-order chi connectivity index (χ1) is 12.3. The van der Waals surface area contributed by atoms with Crippen molar-refractivity contribution in [2.75, 3.05) is 23.7 Å². The number of thioether (sulfide) groups is 1. The van der Waals surface area contributed by atoms with Gasteiger partial charge in [0.05, 0.1) is 18.5 Å². The van der Waals surface area contributed by atoms with Gasteiger partial charge in [0.1, 0.15) is 6.34 Å². The van der Waals surface area contributed by atoms with Gasteiger partial charge in [0.15, 0.2) is 0 Å². The van der Waals surface area contributed by atoms with Crippen LogP contribution in [-0.2, 0) is 14.4 Å². The highest BCUT2D eigenvalue weighted by molar-refractivity contribution is 7.99. The van der Waals surface area contributed by atoms with Crippen LogP contribution < -0.4 is 16.1 Å². The van der Waals surface area contributed by atoms with Crippen molar-refractivity contribution in [3.05, 3.63) is 18.2 Å². The Kier molecular flexibility index (Phi) is 8.99. The molecule has 0 atom stereocenters. The molecule has 3 amide bonds. The Bertz CT molecular complexity index is 679. The number of carbonyl (C=O) groups excluding carboxylic acids is 3. The molecule has 1 aromatic carbocycles. The molecular weight excluding hydrogens is 360 g/mol. The number of benzene rings is 1. The molecule has 0 aliphatic heterocycles. The molecule has 0 heterocycles. The Hall–Kier alpha value is -2.75. The minimum absolute atomic E-state index is 0.259. The topological polar surface area (TPSA) is 118 Å². The summed E-state index contributed by atoms with van der Waals surface area (Å²) in [4.78, 5) is 42.8. The van der Waals surface area contributed by atoms with Crippen LogP contribution in [0, 0.1) is 5.92 Å². The molecule has 0 saturated carbocycles. The van der Waals surface area contributed by atoms with E-state index in [0.717, 1.165) is 17.0 Å². The minimum Gasteiger partial charge on any atom is -0.453 e. The molecule has 0 unspecified atom stereocenters. The number of rotatable bonds is 7. The summed E-state index contributed by atoms with van der Waals surface area (Å²) in [5, 5.41) is 4.76. The lowest BCUT2D eigenvalue weighted by atomic mass is 10.2. The first-order valence-corrected chi connectivity index (χ1v) is 8.68. The number of aliphatic imine (C=N–C) groups is 1. The highest BCUT2D eigenvalue weighted by Crippen LogP contribution is 2.29. The van der Waals surface area contributed by atoms with Crippen molar-refractivity contribution in [1.82, 2.24) is 5.32 Å². The van der Waals surface area contributed by atoms with Gasteiger partial charge >= 0.3 is 12.2 Å². The van der Waals surface area contributed by atoms with Gasteiger partial charge in [-0.2, -0.15) is 4.99 Å². The van der Waals surface area contributed by atoms with Crippen LogP contribution in [0.15, 0.2) is 28.1 Å². The molecule has 9 nitrogen and oxygen atoms in total. The van der Waals surface area contributed by atoms with Crippen LogP contribution in [0.4, 0.5) is 21.0 Å². The Balaban J connectivity index is 2.73. The van der Waals surface area contributed by atoms with Crippen molar-refractivity contribution >= 4 is 47.6 Å². The summed E-state index contributed by atoms with van der Waals surface area (Å²) in [5.74, 6) is 1.20. The van der Waals surface area contributed by atoms with Gasteiger partial charge in [0.2, 0.25) is 5.91 Å². The fourth-order valence-electron chi connectivity index (χ4n) is 1.58. The van der Waals surface area contributed by atoms with Gasteiger partial charge < -0.3 is 14.9 Å². The number of carbonyl (C=O) groups is 3. The first-order valence-electron chi connectivity index (χ1n) is 7.70. The van der Waals surface area contributed by atoms with Crippen LogP contribution in [0.25, 0.3) is 0 Å². The van der Waals surface area contributed by atoms with Gasteiger partial charge in [-0.25, -0.2) is 15.1 Å². The van der Waals surface area contributed by atoms with Crippen molar-refractivity contribution in [1.29, 1.82) is 0 Å². The molecule has 10 heteroatoms. The highest BCUT2D eigenvalue weighted by atomic mass is 32.2. The SMILES string of the molecule is COC(=O)NC=NC(=O)ONc1ccc(SCC(C)C)cc1NC(C)=O. The molecule has 0 spiro atoms. The molecule has 0 saturated heterocycles. The summed E-state index contributed by atoms with van der Waals surface area (Å²) in [5.41, 5.74) is 3.29. The van der Waals surface area contributed by atoms with E-state index in [-0.39, 0.29) is 5.91 Å². The molecule has 3 N–H and O–H groups in total. The van der Waals surface area contributed by atoms with Crippen LogP contribution in [0.1, 0.15) is 20.8 Å². The largest absolute Gasteiger partial charge is 0.459 e. The molecule has 0 aromatic heterocycles. The van der Waals surface area contributed by atoms with Crippen molar-refractivity contribution in [2.45, 2.75) is 25.7 Å². The molecule has 0 bridgehead atoms. The summed E-state index contributed by atoms with van der Waals surface area (Å²) in [6, 6.07) is 5.31. The average Bonchev–Trinajstić information content (AvgIpc) is 2.58. The maximum absolute atomic E-state index is 11.5. The number of hydrogen-bond donors (Lipinski definition) is 3. The Morgan fingerprint density at radius 1 is 1.27 bits per heavy atom. The summed E-state index contributed by atoms with van der Waals surface area (Å²) in [7, 11) is 1.18. The van der Waals surface area contributed by atoms with Gasteiger partial charge in [0, 0.05) is 17.6 Å².